The molecule has 0 unspecified atom stereocenters. The Morgan fingerprint density at radius 2 is 1.90 bits per heavy atom. The van der Waals surface area contributed by atoms with E-state index in [1.165, 1.54) is 28.9 Å². The van der Waals surface area contributed by atoms with Gasteiger partial charge < -0.3 is 24.8 Å². The van der Waals surface area contributed by atoms with E-state index in [9.17, 15) is 28.3 Å². The van der Waals surface area contributed by atoms with Crippen molar-refractivity contribution in [2.75, 3.05) is 25.3 Å². The highest BCUT2D eigenvalue weighted by Crippen LogP contribution is 2.28. The lowest BCUT2D eigenvalue weighted by molar-refractivity contribution is -0.0430. The fraction of sp³-hybridized carbons (Fsp3) is 0.345. The summed E-state index contributed by atoms with van der Waals surface area (Å²) in [5.74, 6) is -3.28. The fourth-order valence-corrected chi connectivity index (χ4v) is 5.10. The number of rotatable bonds is 7. The van der Waals surface area contributed by atoms with E-state index in [2.05, 4.69) is 5.32 Å². The molecule has 2 amide bonds. The standard InChI is InChI=1S/C29H30F2N4O6/c1-17-10-24(40-2)23(36)14-33-16-35(17)34-13-21(28(38)32-12-19-8-9-20(30)11-22(19)31)26(37)27(25(34)29(33)39)41-15-18-6-4-3-5-7-18/h3-9,11,13,17,23-24,36H,10,12,14-16H2,1-2H3,(H,32,38)/t17-,23-,24+/m1/s1. The summed E-state index contributed by atoms with van der Waals surface area (Å²) in [7, 11) is 1.48. The maximum absolute atomic E-state index is 14.2. The van der Waals surface area contributed by atoms with Crippen molar-refractivity contribution in [3.8, 4) is 5.75 Å². The number of fused-ring (bicyclic) bond motifs is 4. The number of nitrogens with one attached hydrogen (secondary N) is 1. The monoisotopic (exact) mass is 568 g/mol. The van der Waals surface area contributed by atoms with Crippen LogP contribution >= 0.6 is 0 Å². The summed E-state index contributed by atoms with van der Waals surface area (Å²) in [4.78, 5) is 42.1. The smallest absolute Gasteiger partial charge is 0.277 e. The average Bonchev–Trinajstić information content (AvgIpc) is 2.95. The lowest BCUT2D eigenvalue weighted by Crippen LogP contribution is -2.62. The highest BCUT2D eigenvalue weighted by atomic mass is 19.1. The van der Waals surface area contributed by atoms with Gasteiger partial charge in [0.2, 0.25) is 5.43 Å². The molecule has 0 saturated carbocycles. The van der Waals surface area contributed by atoms with Gasteiger partial charge in [-0.25, -0.2) is 8.78 Å². The van der Waals surface area contributed by atoms with Gasteiger partial charge in [0, 0.05) is 37.5 Å². The van der Waals surface area contributed by atoms with Crippen molar-refractivity contribution in [1.29, 1.82) is 0 Å². The molecule has 1 saturated heterocycles. The van der Waals surface area contributed by atoms with Gasteiger partial charge in [0.1, 0.15) is 30.5 Å². The summed E-state index contributed by atoms with van der Waals surface area (Å²) in [5.41, 5.74) is -0.450. The SMILES string of the molecule is CO[C@H]1C[C@@H](C)N2CN(C[C@H]1O)C(=O)c1c(OCc3ccccc3)c(=O)c(C(=O)NCc3ccc(F)cc3F)cn12. The van der Waals surface area contributed by atoms with Gasteiger partial charge in [-0.05, 0) is 25.0 Å². The Morgan fingerprint density at radius 1 is 1.15 bits per heavy atom. The van der Waals surface area contributed by atoms with E-state index < -0.39 is 41.1 Å². The molecule has 0 radical (unpaired) electrons. The lowest BCUT2D eigenvalue weighted by atomic mass is 10.0. The third kappa shape index (κ3) is 5.66. The van der Waals surface area contributed by atoms with Gasteiger partial charge >= 0.3 is 0 Å². The van der Waals surface area contributed by atoms with Gasteiger partial charge in [-0.15, -0.1) is 0 Å². The highest BCUT2D eigenvalue weighted by molar-refractivity contribution is 5.99. The Balaban J connectivity index is 1.56. The number of aromatic nitrogens is 1. The van der Waals surface area contributed by atoms with Crippen LogP contribution < -0.4 is 20.5 Å². The summed E-state index contributed by atoms with van der Waals surface area (Å²) in [5, 5.41) is 15.0. The van der Waals surface area contributed by atoms with E-state index in [0.29, 0.717) is 12.5 Å². The van der Waals surface area contributed by atoms with Gasteiger partial charge in [-0.1, -0.05) is 36.4 Å². The Morgan fingerprint density at radius 3 is 2.61 bits per heavy atom. The largest absolute Gasteiger partial charge is 0.482 e. The maximum Gasteiger partial charge on any atom is 0.277 e. The number of carbonyl (C=O) groups excluding carboxylic acids is 2. The Kier molecular flexibility index (Phi) is 8.04. The second-order valence-corrected chi connectivity index (χ2v) is 10.1. The molecule has 2 bridgehead atoms. The first-order chi connectivity index (χ1) is 19.7. The number of hydrogen-bond acceptors (Lipinski definition) is 7. The molecule has 2 N–H and O–H groups in total. The summed E-state index contributed by atoms with van der Waals surface area (Å²) < 4.78 is 40.3. The predicted octanol–water partition coefficient (Wildman–Crippen LogP) is 2.15. The zero-order valence-electron chi connectivity index (χ0n) is 22.5. The summed E-state index contributed by atoms with van der Waals surface area (Å²) in [6.07, 6.45) is 0.176. The second-order valence-electron chi connectivity index (χ2n) is 10.1. The van der Waals surface area contributed by atoms with Crippen molar-refractivity contribution in [1.82, 2.24) is 14.9 Å². The molecule has 1 aromatic heterocycles. The van der Waals surface area contributed by atoms with E-state index >= 15 is 0 Å². The number of amides is 2. The number of aliphatic hydroxyl groups is 1. The highest BCUT2D eigenvalue weighted by Gasteiger charge is 2.41. The van der Waals surface area contributed by atoms with Gasteiger partial charge in [0.25, 0.3) is 11.8 Å². The molecule has 12 heteroatoms. The minimum Gasteiger partial charge on any atom is -0.482 e. The van der Waals surface area contributed by atoms with Crippen molar-refractivity contribution in [2.45, 2.75) is 44.7 Å². The first-order valence-corrected chi connectivity index (χ1v) is 13.1. The number of nitrogens with zero attached hydrogens (tertiary/aromatic N) is 3. The van der Waals surface area contributed by atoms with Crippen LogP contribution in [0.15, 0.2) is 59.5 Å². The summed E-state index contributed by atoms with van der Waals surface area (Å²) in [6.45, 7) is 1.59. The third-order valence-corrected chi connectivity index (χ3v) is 7.38. The van der Waals surface area contributed by atoms with Crippen LogP contribution in [0.4, 0.5) is 8.78 Å². The molecule has 5 rings (SSSR count). The first-order valence-electron chi connectivity index (χ1n) is 13.1. The third-order valence-electron chi connectivity index (χ3n) is 7.38. The molecule has 2 aromatic carbocycles. The van der Waals surface area contributed by atoms with E-state index in [1.54, 1.807) is 29.3 Å². The molecule has 0 spiro atoms. The van der Waals surface area contributed by atoms with Crippen molar-refractivity contribution in [3.05, 3.63) is 99.0 Å². The van der Waals surface area contributed by atoms with Crippen LogP contribution in [0.2, 0.25) is 0 Å². The van der Waals surface area contributed by atoms with Crippen LogP contribution in [0.5, 0.6) is 5.75 Å². The molecule has 3 heterocycles. The van der Waals surface area contributed by atoms with Crippen molar-refractivity contribution in [3.63, 3.8) is 0 Å². The Hall–Kier alpha value is -4.29. The molecule has 41 heavy (non-hydrogen) atoms. The zero-order valence-corrected chi connectivity index (χ0v) is 22.5. The molecule has 2 aliphatic heterocycles. The van der Waals surface area contributed by atoms with Gasteiger partial charge in [-0.2, -0.15) is 0 Å². The van der Waals surface area contributed by atoms with E-state index in [0.717, 1.165) is 11.6 Å². The number of benzene rings is 2. The number of pyridine rings is 1. The van der Waals surface area contributed by atoms with E-state index in [1.807, 2.05) is 13.0 Å². The van der Waals surface area contributed by atoms with Crippen LogP contribution in [0.1, 0.15) is 45.3 Å². The Labute approximate surface area is 234 Å². The number of carbonyl (C=O) groups is 2. The minimum atomic E-state index is -0.947. The molecular weight excluding hydrogens is 538 g/mol. The molecule has 1 fully saturated rings. The maximum atomic E-state index is 14.2. The molecular formula is C29H30F2N4O6. The molecule has 216 valence electrons. The van der Waals surface area contributed by atoms with Gasteiger partial charge in [0.05, 0.1) is 18.8 Å². The molecule has 3 atom stereocenters. The summed E-state index contributed by atoms with van der Waals surface area (Å²) >= 11 is 0. The van der Waals surface area contributed by atoms with Crippen LogP contribution in [0, 0.1) is 11.6 Å². The normalized spacial score (nSPS) is 20.2. The zero-order chi connectivity index (χ0) is 29.3. The molecule has 10 nitrogen and oxygen atoms in total. The number of methoxy groups -OCH3 is 1. The average molecular weight is 569 g/mol. The van der Waals surface area contributed by atoms with Gasteiger partial charge in [-0.3, -0.25) is 24.1 Å². The van der Waals surface area contributed by atoms with Crippen LogP contribution in [0.3, 0.4) is 0 Å². The van der Waals surface area contributed by atoms with Crippen molar-refractivity contribution < 1.29 is 33.0 Å². The predicted molar refractivity (Wildman–Crippen MR) is 144 cm³/mol. The molecule has 2 aliphatic rings. The van der Waals surface area contributed by atoms with Gasteiger partial charge in [0.15, 0.2) is 11.4 Å². The number of halogens is 2. The topological polar surface area (TPSA) is 113 Å². The molecule has 0 aliphatic carbocycles. The number of hydrogen-bond donors (Lipinski definition) is 2. The summed E-state index contributed by atoms with van der Waals surface area (Å²) in [6, 6.07) is 11.7. The van der Waals surface area contributed by atoms with Crippen molar-refractivity contribution in [2.24, 2.45) is 0 Å². The van der Waals surface area contributed by atoms with Crippen LogP contribution in [0.25, 0.3) is 0 Å². The van der Waals surface area contributed by atoms with Crippen molar-refractivity contribution >= 4 is 11.8 Å². The Bertz CT molecular complexity index is 1520. The van der Waals surface area contributed by atoms with Crippen LogP contribution in [-0.4, -0.2) is 65.1 Å². The number of aliphatic hydroxyl groups excluding tert-OH is 1. The fourth-order valence-electron chi connectivity index (χ4n) is 5.10. The first kappa shape index (κ1) is 28.2. The molecule has 3 aromatic rings. The van der Waals surface area contributed by atoms with E-state index in [4.69, 9.17) is 9.47 Å². The lowest BCUT2D eigenvalue weighted by Gasteiger charge is -2.46. The van der Waals surface area contributed by atoms with Crippen LogP contribution in [-0.2, 0) is 17.9 Å². The quantitative estimate of drug-likeness (QED) is 0.449. The van der Waals surface area contributed by atoms with E-state index in [-0.39, 0.29) is 55.0 Å². The number of ether oxygens (including phenoxy) is 2. The second kappa shape index (κ2) is 11.7. The minimum absolute atomic E-state index is 0.0294.